The van der Waals surface area contributed by atoms with Gasteiger partial charge in [-0.1, -0.05) is 36.4 Å². The lowest BCUT2D eigenvalue weighted by Gasteiger charge is -2.35. The molecule has 0 aliphatic carbocycles. The van der Waals surface area contributed by atoms with Crippen LogP contribution in [0.5, 0.6) is 0 Å². The molecule has 0 N–H and O–H groups in total. The van der Waals surface area contributed by atoms with Gasteiger partial charge in [-0.3, -0.25) is 14.2 Å². The molecule has 4 rings (SSSR count). The number of benzene rings is 1. The van der Waals surface area contributed by atoms with Gasteiger partial charge in [0.15, 0.2) is 11.5 Å². The van der Waals surface area contributed by atoms with Gasteiger partial charge in [-0.15, -0.1) is 6.58 Å². The second kappa shape index (κ2) is 8.90. The van der Waals surface area contributed by atoms with Gasteiger partial charge in [0.1, 0.15) is 5.52 Å². The summed E-state index contributed by atoms with van der Waals surface area (Å²) in [5, 5.41) is 0. The van der Waals surface area contributed by atoms with Crippen molar-refractivity contribution in [1.29, 1.82) is 0 Å². The second-order valence-corrected chi connectivity index (χ2v) is 7.34. The average molecular weight is 403 g/mol. The molecule has 30 heavy (non-hydrogen) atoms. The fraction of sp³-hybridized carbons (Fsp3) is 0.304. The first kappa shape index (κ1) is 19.8. The highest BCUT2D eigenvalue weighted by Gasteiger charge is 2.24. The molecule has 7 heteroatoms. The Morgan fingerprint density at radius 3 is 2.57 bits per heavy atom. The van der Waals surface area contributed by atoms with E-state index in [1.807, 2.05) is 52.3 Å². The van der Waals surface area contributed by atoms with Crippen molar-refractivity contribution in [3.05, 3.63) is 77.2 Å². The topological polar surface area (TPSA) is 71.3 Å². The third-order valence-electron chi connectivity index (χ3n) is 5.40. The molecule has 0 saturated carbocycles. The number of rotatable bonds is 6. The Kier molecular flexibility index (Phi) is 5.88. The summed E-state index contributed by atoms with van der Waals surface area (Å²) < 4.78 is 1.60. The lowest BCUT2D eigenvalue weighted by molar-refractivity contribution is -0.131. The molecule has 0 atom stereocenters. The number of fused-ring (bicyclic) bond motifs is 1. The predicted octanol–water partition coefficient (Wildman–Crippen LogP) is 2.26. The zero-order valence-electron chi connectivity index (χ0n) is 16.9. The summed E-state index contributed by atoms with van der Waals surface area (Å²) in [5.41, 5.74) is 2.22. The van der Waals surface area contributed by atoms with Crippen LogP contribution < -0.4 is 10.5 Å². The van der Waals surface area contributed by atoms with Gasteiger partial charge in [0.05, 0.1) is 0 Å². The maximum absolute atomic E-state index is 13.0. The van der Waals surface area contributed by atoms with Crippen LogP contribution in [-0.2, 0) is 17.8 Å². The molecule has 0 unspecified atom stereocenters. The highest BCUT2D eigenvalue weighted by atomic mass is 16.2. The van der Waals surface area contributed by atoms with Crippen molar-refractivity contribution in [2.75, 3.05) is 31.1 Å². The predicted molar refractivity (Wildman–Crippen MR) is 118 cm³/mol. The SMILES string of the molecule is C=CCn1c(=O)c(N2CCN(C(=O)CCc3ccccc3)CC2)nc2cccnc21. The van der Waals surface area contributed by atoms with Crippen molar-refractivity contribution in [2.45, 2.75) is 19.4 Å². The zero-order chi connectivity index (χ0) is 20.9. The van der Waals surface area contributed by atoms with Crippen LogP contribution in [-0.4, -0.2) is 51.5 Å². The molecule has 1 saturated heterocycles. The van der Waals surface area contributed by atoms with E-state index in [-0.39, 0.29) is 11.5 Å². The fourth-order valence-corrected chi connectivity index (χ4v) is 3.79. The second-order valence-electron chi connectivity index (χ2n) is 7.34. The van der Waals surface area contributed by atoms with Gasteiger partial charge in [-0.05, 0) is 24.1 Å². The van der Waals surface area contributed by atoms with Crippen LogP contribution in [0.15, 0.2) is 66.1 Å². The minimum atomic E-state index is -0.176. The molecule has 2 aromatic heterocycles. The number of amides is 1. The first-order valence-corrected chi connectivity index (χ1v) is 10.2. The summed E-state index contributed by atoms with van der Waals surface area (Å²) in [4.78, 5) is 38.4. The van der Waals surface area contributed by atoms with Crippen LogP contribution in [0.3, 0.4) is 0 Å². The Labute approximate surface area is 175 Å². The Balaban J connectivity index is 1.45. The van der Waals surface area contributed by atoms with Crippen molar-refractivity contribution in [3.63, 3.8) is 0 Å². The Bertz CT molecular complexity index is 1100. The molecule has 3 heterocycles. The summed E-state index contributed by atoms with van der Waals surface area (Å²) in [6.45, 7) is 6.46. The molecule has 0 spiro atoms. The number of aryl methyl sites for hydroxylation is 1. The van der Waals surface area contributed by atoms with Crippen molar-refractivity contribution < 1.29 is 4.79 Å². The summed E-state index contributed by atoms with van der Waals surface area (Å²) in [5.74, 6) is 0.562. The van der Waals surface area contributed by atoms with Gasteiger partial charge in [0, 0.05) is 45.3 Å². The third kappa shape index (κ3) is 4.10. The van der Waals surface area contributed by atoms with E-state index in [4.69, 9.17) is 0 Å². The van der Waals surface area contributed by atoms with Crippen LogP contribution in [0, 0.1) is 0 Å². The molecule has 154 valence electrons. The van der Waals surface area contributed by atoms with Crippen molar-refractivity contribution in [2.24, 2.45) is 0 Å². The van der Waals surface area contributed by atoms with E-state index in [0.717, 1.165) is 6.42 Å². The molecule has 3 aromatic rings. The molecule has 1 amide bonds. The molecular formula is C23H25N5O2. The van der Waals surface area contributed by atoms with Crippen molar-refractivity contribution in [3.8, 4) is 0 Å². The first-order valence-electron chi connectivity index (χ1n) is 10.2. The third-order valence-corrected chi connectivity index (χ3v) is 5.40. The highest BCUT2D eigenvalue weighted by Crippen LogP contribution is 2.15. The van der Waals surface area contributed by atoms with E-state index in [1.165, 1.54) is 5.56 Å². The minimum Gasteiger partial charge on any atom is -0.348 e. The number of pyridine rings is 1. The summed E-state index contributed by atoms with van der Waals surface area (Å²) in [6.07, 6.45) is 4.58. The number of anilines is 1. The van der Waals surface area contributed by atoms with E-state index >= 15 is 0 Å². The largest absolute Gasteiger partial charge is 0.348 e. The lowest BCUT2D eigenvalue weighted by Crippen LogP contribution is -2.50. The number of carbonyl (C=O) groups is 1. The van der Waals surface area contributed by atoms with Gasteiger partial charge in [0.2, 0.25) is 5.91 Å². The van der Waals surface area contributed by atoms with Crippen LogP contribution in [0.2, 0.25) is 0 Å². The maximum atomic E-state index is 13.0. The van der Waals surface area contributed by atoms with Gasteiger partial charge in [-0.25, -0.2) is 9.97 Å². The molecular weight excluding hydrogens is 378 g/mol. The van der Waals surface area contributed by atoms with Crippen LogP contribution in [0.4, 0.5) is 5.82 Å². The Morgan fingerprint density at radius 1 is 1.07 bits per heavy atom. The maximum Gasteiger partial charge on any atom is 0.295 e. The van der Waals surface area contributed by atoms with Gasteiger partial charge >= 0.3 is 0 Å². The molecule has 1 fully saturated rings. The van der Waals surface area contributed by atoms with E-state index in [0.29, 0.717) is 56.1 Å². The Morgan fingerprint density at radius 2 is 1.83 bits per heavy atom. The van der Waals surface area contributed by atoms with Crippen LogP contribution >= 0.6 is 0 Å². The minimum absolute atomic E-state index is 0.151. The standard InChI is InChI=1S/C23H25N5O2/c1-2-13-28-21-19(9-6-12-24-21)25-22(23(28)30)27-16-14-26(15-17-27)20(29)11-10-18-7-4-3-5-8-18/h2-9,12H,1,10-11,13-17H2. The highest BCUT2D eigenvalue weighted by molar-refractivity contribution is 5.77. The van der Waals surface area contributed by atoms with Gasteiger partial charge in [-0.2, -0.15) is 0 Å². The number of hydrogen-bond donors (Lipinski definition) is 0. The van der Waals surface area contributed by atoms with Gasteiger partial charge in [0.25, 0.3) is 5.56 Å². The number of hydrogen-bond acceptors (Lipinski definition) is 5. The molecule has 0 bridgehead atoms. The number of carbonyl (C=O) groups excluding carboxylic acids is 1. The summed E-state index contributed by atoms with van der Waals surface area (Å²) in [7, 11) is 0. The molecule has 1 aliphatic rings. The number of piperazine rings is 1. The normalized spacial score (nSPS) is 14.1. The van der Waals surface area contributed by atoms with E-state index in [9.17, 15) is 9.59 Å². The number of aromatic nitrogens is 3. The molecule has 1 aliphatic heterocycles. The summed E-state index contributed by atoms with van der Waals surface area (Å²) >= 11 is 0. The fourth-order valence-electron chi connectivity index (χ4n) is 3.79. The van der Waals surface area contributed by atoms with E-state index in [1.54, 1.807) is 16.8 Å². The molecule has 0 radical (unpaired) electrons. The monoisotopic (exact) mass is 403 g/mol. The van der Waals surface area contributed by atoms with Gasteiger partial charge < -0.3 is 9.80 Å². The lowest BCUT2D eigenvalue weighted by atomic mass is 10.1. The quantitative estimate of drug-likeness (QED) is 0.591. The van der Waals surface area contributed by atoms with Crippen molar-refractivity contribution >= 4 is 22.9 Å². The Hall–Kier alpha value is -3.48. The zero-order valence-corrected chi connectivity index (χ0v) is 16.9. The van der Waals surface area contributed by atoms with E-state index < -0.39 is 0 Å². The van der Waals surface area contributed by atoms with Crippen molar-refractivity contribution in [1.82, 2.24) is 19.4 Å². The average Bonchev–Trinajstić information content (AvgIpc) is 2.80. The molecule has 7 nitrogen and oxygen atoms in total. The number of allylic oxidation sites excluding steroid dienone is 1. The first-order chi connectivity index (χ1) is 14.7. The number of nitrogens with zero attached hydrogens (tertiary/aromatic N) is 5. The van der Waals surface area contributed by atoms with Crippen LogP contribution in [0.1, 0.15) is 12.0 Å². The molecule has 1 aromatic carbocycles. The summed E-state index contributed by atoms with van der Waals surface area (Å²) in [6, 6.07) is 13.7. The van der Waals surface area contributed by atoms with E-state index in [2.05, 4.69) is 16.5 Å². The smallest absolute Gasteiger partial charge is 0.295 e. The van der Waals surface area contributed by atoms with Crippen LogP contribution in [0.25, 0.3) is 11.2 Å².